The molecule has 21 heavy (non-hydrogen) atoms. The summed E-state index contributed by atoms with van der Waals surface area (Å²) in [5, 5.41) is 20.0. The van der Waals surface area contributed by atoms with Gasteiger partial charge in [0.15, 0.2) is 0 Å². The average Bonchev–Trinajstić information content (AvgIpc) is 2.46. The highest BCUT2D eigenvalue weighted by Gasteiger charge is 2.25. The fraction of sp³-hybridized carbons (Fsp3) is 0.500. The molecule has 7 heteroatoms. The van der Waals surface area contributed by atoms with Gasteiger partial charge in [0.05, 0.1) is 4.92 Å². The van der Waals surface area contributed by atoms with E-state index in [0.717, 1.165) is 12.8 Å². The maximum atomic E-state index is 12.5. The van der Waals surface area contributed by atoms with Crippen LogP contribution in [0.25, 0.3) is 0 Å². The second-order valence-electron chi connectivity index (χ2n) is 5.23. The summed E-state index contributed by atoms with van der Waals surface area (Å²) in [7, 11) is 0. The number of halogens is 1. The molecule has 1 aromatic rings. The number of nitrogens with zero attached hydrogens (tertiary/aromatic N) is 2. The zero-order valence-electron chi connectivity index (χ0n) is 11.5. The van der Waals surface area contributed by atoms with Crippen molar-refractivity contribution in [2.75, 3.05) is 19.7 Å². The van der Waals surface area contributed by atoms with E-state index in [1.54, 1.807) is 4.90 Å². The monoisotopic (exact) mass is 312 g/mol. The van der Waals surface area contributed by atoms with Crippen molar-refractivity contribution in [3.8, 4) is 0 Å². The Bertz CT molecular complexity index is 548. The average molecular weight is 313 g/mol. The van der Waals surface area contributed by atoms with Crippen molar-refractivity contribution in [1.82, 2.24) is 4.90 Å². The molecule has 0 spiro atoms. The van der Waals surface area contributed by atoms with E-state index >= 15 is 0 Å². The number of nitro benzene ring substituents is 1. The van der Waals surface area contributed by atoms with Gasteiger partial charge in [-0.15, -0.1) is 0 Å². The lowest BCUT2D eigenvalue weighted by Crippen LogP contribution is -2.40. The van der Waals surface area contributed by atoms with Crippen molar-refractivity contribution in [3.05, 3.63) is 38.9 Å². The van der Waals surface area contributed by atoms with Gasteiger partial charge in [-0.3, -0.25) is 14.9 Å². The summed E-state index contributed by atoms with van der Waals surface area (Å²) in [6.45, 7) is 1.30. The van der Waals surface area contributed by atoms with Gasteiger partial charge >= 0.3 is 0 Å². The van der Waals surface area contributed by atoms with Gasteiger partial charge in [0.2, 0.25) is 0 Å². The quantitative estimate of drug-likeness (QED) is 0.684. The molecule has 2 rings (SSSR count). The second kappa shape index (κ2) is 6.87. The fourth-order valence-corrected chi connectivity index (χ4v) is 2.88. The maximum absolute atomic E-state index is 12.5. The Morgan fingerprint density at radius 3 is 2.90 bits per heavy atom. The zero-order valence-corrected chi connectivity index (χ0v) is 12.3. The van der Waals surface area contributed by atoms with Gasteiger partial charge in [-0.1, -0.05) is 11.6 Å². The van der Waals surface area contributed by atoms with Crippen molar-refractivity contribution in [3.63, 3.8) is 0 Å². The first-order valence-electron chi connectivity index (χ1n) is 6.86. The molecule has 1 heterocycles. The van der Waals surface area contributed by atoms with E-state index in [1.807, 2.05) is 0 Å². The van der Waals surface area contributed by atoms with Crippen LogP contribution in [0.1, 0.15) is 29.6 Å². The van der Waals surface area contributed by atoms with E-state index in [9.17, 15) is 14.9 Å². The number of rotatable bonds is 4. The van der Waals surface area contributed by atoms with Gasteiger partial charge in [0.1, 0.15) is 0 Å². The normalized spacial score (nSPS) is 18.6. The van der Waals surface area contributed by atoms with Crippen LogP contribution in [0.5, 0.6) is 0 Å². The number of aliphatic hydroxyl groups excluding tert-OH is 1. The molecule has 0 aliphatic carbocycles. The third kappa shape index (κ3) is 3.92. The van der Waals surface area contributed by atoms with Crippen LogP contribution in [0.2, 0.25) is 5.02 Å². The van der Waals surface area contributed by atoms with Crippen molar-refractivity contribution < 1.29 is 14.8 Å². The van der Waals surface area contributed by atoms with Gasteiger partial charge in [-0.2, -0.15) is 0 Å². The van der Waals surface area contributed by atoms with Crippen LogP contribution in [0, 0.1) is 16.0 Å². The Hall–Kier alpha value is -1.66. The summed E-state index contributed by atoms with van der Waals surface area (Å²) in [4.78, 5) is 24.4. The number of benzene rings is 1. The number of piperidine rings is 1. The van der Waals surface area contributed by atoms with E-state index in [0.29, 0.717) is 19.5 Å². The molecule has 1 aliphatic rings. The molecule has 1 saturated heterocycles. The van der Waals surface area contributed by atoms with E-state index in [4.69, 9.17) is 16.7 Å². The van der Waals surface area contributed by atoms with Crippen LogP contribution in [0.4, 0.5) is 5.69 Å². The summed E-state index contributed by atoms with van der Waals surface area (Å²) in [6, 6.07) is 3.93. The Labute approximate surface area is 127 Å². The largest absolute Gasteiger partial charge is 0.396 e. The van der Waals surface area contributed by atoms with Gasteiger partial charge in [0, 0.05) is 42.4 Å². The summed E-state index contributed by atoms with van der Waals surface area (Å²) in [6.07, 6.45) is 2.53. The van der Waals surface area contributed by atoms with Crippen molar-refractivity contribution in [2.45, 2.75) is 19.3 Å². The van der Waals surface area contributed by atoms with Gasteiger partial charge < -0.3 is 10.0 Å². The molecule has 0 radical (unpaired) electrons. The molecule has 1 unspecified atom stereocenters. The smallest absolute Gasteiger partial charge is 0.271 e. The van der Waals surface area contributed by atoms with E-state index in [-0.39, 0.29) is 34.7 Å². The number of likely N-dealkylation sites (tertiary alicyclic amines) is 1. The van der Waals surface area contributed by atoms with E-state index < -0.39 is 4.92 Å². The number of hydrogen-bond donors (Lipinski definition) is 1. The van der Waals surface area contributed by atoms with Gasteiger partial charge in [0.25, 0.3) is 11.6 Å². The van der Waals surface area contributed by atoms with Crippen LogP contribution in [0.15, 0.2) is 18.2 Å². The lowest BCUT2D eigenvalue weighted by molar-refractivity contribution is -0.384. The molecule has 1 aliphatic heterocycles. The predicted octanol–water partition coefficient (Wildman–Crippen LogP) is 2.48. The van der Waals surface area contributed by atoms with Gasteiger partial charge in [-0.05, 0) is 31.2 Å². The first-order chi connectivity index (χ1) is 10.0. The first-order valence-corrected chi connectivity index (χ1v) is 7.24. The lowest BCUT2D eigenvalue weighted by atomic mass is 9.94. The molecule has 1 fully saturated rings. The molecule has 0 aromatic heterocycles. The Balaban J connectivity index is 2.17. The lowest BCUT2D eigenvalue weighted by Gasteiger charge is -2.32. The molecule has 1 N–H and O–H groups in total. The highest BCUT2D eigenvalue weighted by Crippen LogP contribution is 2.25. The van der Waals surface area contributed by atoms with Crippen LogP contribution < -0.4 is 0 Å². The summed E-state index contributed by atoms with van der Waals surface area (Å²) in [5.41, 5.74) is 0.0496. The third-order valence-electron chi connectivity index (χ3n) is 3.68. The van der Waals surface area contributed by atoms with Gasteiger partial charge in [-0.25, -0.2) is 0 Å². The maximum Gasteiger partial charge on any atom is 0.271 e. The van der Waals surface area contributed by atoms with Crippen LogP contribution in [-0.4, -0.2) is 40.5 Å². The standard InChI is InChI=1S/C14H17ClN2O4/c15-12-6-11(7-13(8-12)17(20)21)14(19)16-4-1-2-10(9-16)3-5-18/h6-8,10,18H,1-5,9H2. The first kappa shape index (κ1) is 15.7. The molecule has 0 saturated carbocycles. The van der Waals surface area contributed by atoms with E-state index in [2.05, 4.69) is 0 Å². The minimum absolute atomic E-state index is 0.106. The molecule has 0 bridgehead atoms. The molecular formula is C14H17ClN2O4. The molecule has 1 aromatic carbocycles. The zero-order chi connectivity index (χ0) is 15.4. The number of carbonyl (C=O) groups excluding carboxylic acids is 1. The molecule has 1 amide bonds. The van der Waals surface area contributed by atoms with Crippen molar-refractivity contribution in [1.29, 1.82) is 0 Å². The Morgan fingerprint density at radius 2 is 2.24 bits per heavy atom. The molecule has 6 nitrogen and oxygen atoms in total. The van der Waals surface area contributed by atoms with E-state index in [1.165, 1.54) is 18.2 Å². The van der Waals surface area contributed by atoms with Crippen LogP contribution >= 0.6 is 11.6 Å². The minimum atomic E-state index is -0.562. The SMILES string of the molecule is O=C(c1cc(Cl)cc([N+](=O)[O-])c1)N1CCCC(CCO)C1. The Morgan fingerprint density at radius 1 is 1.48 bits per heavy atom. The van der Waals surface area contributed by atoms with Crippen molar-refractivity contribution in [2.24, 2.45) is 5.92 Å². The minimum Gasteiger partial charge on any atom is -0.396 e. The fourth-order valence-electron chi connectivity index (χ4n) is 2.65. The molecular weight excluding hydrogens is 296 g/mol. The highest BCUT2D eigenvalue weighted by atomic mass is 35.5. The second-order valence-corrected chi connectivity index (χ2v) is 5.66. The topological polar surface area (TPSA) is 83.7 Å². The van der Waals surface area contributed by atoms with Crippen LogP contribution in [0.3, 0.4) is 0 Å². The number of carbonyl (C=O) groups is 1. The number of aliphatic hydroxyl groups is 1. The Kier molecular flexibility index (Phi) is 5.14. The number of amides is 1. The number of hydrogen-bond acceptors (Lipinski definition) is 4. The number of nitro groups is 1. The van der Waals surface area contributed by atoms with Crippen molar-refractivity contribution >= 4 is 23.2 Å². The molecule has 114 valence electrons. The van der Waals surface area contributed by atoms with Crippen LogP contribution in [-0.2, 0) is 0 Å². The third-order valence-corrected chi connectivity index (χ3v) is 3.90. The molecule has 1 atom stereocenters. The summed E-state index contributed by atoms with van der Waals surface area (Å²) >= 11 is 5.85. The number of non-ortho nitro benzene ring substituents is 1. The predicted molar refractivity (Wildman–Crippen MR) is 78.4 cm³/mol. The highest BCUT2D eigenvalue weighted by molar-refractivity contribution is 6.31. The summed E-state index contributed by atoms with van der Waals surface area (Å²) in [5.74, 6) is 0.0325. The summed E-state index contributed by atoms with van der Waals surface area (Å²) < 4.78 is 0.